The molecule has 20 heavy (non-hydrogen) atoms. The summed E-state index contributed by atoms with van der Waals surface area (Å²) in [5.41, 5.74) is -0.528. The number of halogens is 2. The maximum atomic E-state index is 13.5. The van der Waals surface area contributed by atoms with E-state index in [1.807, 2.05) is 0 Å². The minimum atomic E-state index is -0.765. The molecule has 8 heteroatoms. The first-order chi connectivity index (χ1) is 9.47. The molecule has 2 rings (SSSR count). The van der Waals surface area contributed by atoms with Gasteiger partial charge in [-0.05, 0) is 34.1 Å². The molecule has 102 valence electrons. The predicted octanol–water partition coefficient (Wildman–Crippen LogP) is 3.14. The van der Waals surface area contributed by atoms with Gasteiger partial charge in [-0.25, -0.2) is 9.37 Å². The summed E-state index contributed by atoms with van der Waals surface area (Å²) in [6, 6.07) is 7.55. The topological polar surface area (TPSA) is 85.1 Å². The van der Waals surface area contributed by atoms with Crippen molar-refractivity contribution in [1.29, 1.82) is 0 Å². The molecule has 0 aliphatic carbocycles. The monoisotopic (exact) mass is 339 g/mol. The number of non-ortho nitro benzene ring substituents is 1. The molecule has 0 spiro atoms. The number of carbonyl (C=O) groups is 1. The van der Waals surface area contributed by atoms with Crippen molar-refractivity contribution >= 4 is 33.2 Å². The lowest BCUT2D eigenvalue weighted by atomic mass is 10.2. The van der Waals surface area contributed by atoms with E-state index < -0.39 is 16.6 Å². The lowest BCUT2D eigenvalue weighted by Crippen LogP contribution is -2.14. The third-order valence-electron chi connectivity index (χ3n) is 2.36. The van der Waals surface area contributed by atoms with E-state index in [-0.39, 0.29) is 17.1 Å². The quantitative estimate of drug-likeness (QED) is 0.528. The third-order valence-corrected chi connectivity index (χ3v) is 2.80. The van der Waals surface area contributed by atoms with Crippen molar-refractivity contribution in [2.24, 2.45) is 0 Å². The van der Waals surface area contributed by atoms with Gasteiger partial charge >= 0.3 is 0 Å². The van der Waals surface area contributed by atoms with Gasteiger partial charge in [0, 0.05) is 12.1 Å². The Morgan fingerprint density at radius 3 is 2.75 bits per heavy atom. The highest BCUT2D eigenvalue weighted by Gasteiger charge is 2.14. The molecular weight excluding hydrogens is 333 g/mol. The first-order valence-corrected chi connectivity index (χ1v) is 6.14. The number of anilines is 1. The third kappa shape index (κ3) is 3.15. The Labute approximate surface area is 120 Å². The second-order valence-corrected chi connectivity index (χ2v) is 4.53. The number of rotatable bonds is 3. The van der Waals surface area contributed by atoms with Crippen LogP contribution in [0, 0.1) is 15.9 Å². The summed E-state index contributed by atoms with van der Waals surface area (Å²) in [5.74, 6) is -1.43. The van der Waals surface area contributed by atoms with Gasteiger partial charge < -0.3 is 5.32 Å². The second kappa shape index (κ2) is 5.74. The summed E-state index contributed by atoms with van der Waals surface area (Å²) >= 11 is 3.11. The zero-order valence-electron chi connectivity index (χ0n) is 9.84. The molecule has 1 heterocycles. The fraction of sp³-hybridized carbons (Fsp3) is 0. The van der Waals surface area contributed by atoms with Gasteiger partial charge in [-0.15, -0.1) is 0 Å². The normalized spacial score (nSPS) is 10.1. The standard InChI is InChI=1S/C12H7BrFN3O3/c13-11-3-1-2-9(15-11)12(18)16-10-6-7(17(19)20)4-5-8(10)14/h1-6H,(H,16,18). The van der Waals surface area contributed by atoms with Gasteiger partial charge in [0.25, 0.3) is 11.6 Å². The molecule has 0 radical (unpaired) electrons. The van der Waals surface area contributed by atoms with Crippen LogP contribution in [-0.4, -0.2) is 15.8 Å². The lowest BCUT2D eigenvalue weighted by molar-refractivity contribution is -0.384. The van der Waals surface area contributed by atoms with Crippen LogP contribution < -0.4 is 5.32 Å². The number of benzene rings is 1. The van der Waals surface area contributed by atoms with Gasteiger partial charge in [-0.1, -0.05) is 6.07 Å². The zero-order chi connectivity index (χ0) is 14.7. The van der Waals surface area contributed by atoms with Crippen LogP contribution in [0.1, 0.15) is 10.5 Å². The van der Waals surface area contributed by atoms with E-state index in [2.05, 4.69) is 26.2 Å². The van der Waals surface area contributed by atoms with E-state index in [0.717, 1.165) is 18.2 Å². The largest absolute Gasteiger partial charge is 0.318 e. The summed E-state index contributed by atoms with van der Waals surface area (Å²) in [7, 11) is 0. The van der Waals surface area contributed by atoms with Crippen molar-refractivity contribution in [3.8, 4) is 0 Å². The van der Waals surface area contributed by atoms with Gasteiger partial charge in [0.05, 0.1) is 10.6 Å². The summed E-state index contributed by atoms with van der Waals surface area (Å²) < 4.78 is 14.0. The smallest absolute Gasteiger partial charge is 0.274 e. The molecule has 2 aromatic rings. The van der Waals surface area contributed by atoms with Gasteiger partial charge in [0.15, 0.2) is 0 Å². The molecule has 1 aromatic heterocycles. The Morgan fingerprint density at radius 1 is 1.35 bits per heavy atom. The number of nitro groups is 1. The van der Waals surface area contributed by atoms with Crippen LogP contribution in [0.2, 0.25) is 0 Å². The Kier molecular flexibility index (Phi) is 4.04. The summed E-state index contributed by atoms with van der Waals surface area (Å²) in [4.78, 5) is 25.7. The number of aromatic nitrogens is 1. The van der Waals surface area contributed by atoms with E-state index in [0.29, 0.717) is 4.60 Å². The Morgan fingerprint density at radius 2 is 2.10 bits per heavy atom. The van der Waals surface area contributed by atoms with Crippen molar-refractivity contribution < 1.29 is 14.1 Å². The van der Waals surface area contributed by atoms with Crippen LogP contribution in [-0.2, 0) is 0 Å². The van der Waals surface area contributed by atoms with Crippen LogP contribution in [0.3, 0.4) is 0 Å². The molecule has 1 amide bonds. The average Bonchev–Trinajstić information content (AvgIpc) is 2.41. The lowest BCUT2D eigenvalue weighted by Gasteiger charge is -2.06. The summed E-state index contributed by atoms with van der Waals surface area (Å²) in [6.07, 6.45) is 0. The van der Waals surface area contributed by atoms with Crippen molar-refractivity contribution in [1.82, 2.24) is 4.98 Å². The fourth-order valence-corrected chi connectivity index (χ4v) is 1.79. The SMILES string of the molecule is O=C(Nc1cc([N+](=O)[O-])ccc1F)c1cccc(Br)n1. The highest BCUT2D eigenvalue weighted by molar-refractivity contribution is 9.10. The summed E-state index contributed by atoms with van der Waals surface area (Å²) in [5, 5.41) is 12.9. The Hall–Kier alpha value is -2.35. The molecule has 0 atom stereocenters. The summed E-state index contributed by atoms with van der Waals surface area (Å²) in [6.45, 7) is 0. The van der Waals surface area contributed by atoms with Crippen molar-refractivity contribution in [2.75, 3.05) is 5.32 Å². The van der Waals surface area contributed by atoms with Crippen molar-refractivity contribution in [2.45, 2.75) is 0 Å². The van der Waals surface area contributed by atoms with E-state index in [4.69, 9.17) is 0 Å². The first kappa shape index (κ1) is 14.1. The second-order valence-electron chi connectivity index (χ2n) is 3.72. The Balaban J connectivity index is 2.27. The molecule has 0 saturated heterocycles. The number of nitro benzene ring substituents is 1. The van der Waals surface area contributed by atoms with Gasteiger partial charge in [-0.3, -0.25) is 14.9 Å². The molecule has 0 unspecified atom stereocenters. The minimum absolute atomic E-state index is 0.0604. The average molecular weight is 340 g/mol. The number of nitrogens with zero attached hydrogens (tertiary/aromatic N) is 2. The number of nitrogens with one attached hydrogen (secondary N) is 1. The van der Waals surface area contributed by atoms with E-state index in [9.17, 15) is 19.3 Å². The first-order valence-electron chi connectivity index (χ1n) is 5.35. The minimum Gasteiger partial charge on any atom is -0.318 e. The predicted molar refractivity (Wildman–Crippen MR) is 72.9 cm³/mol. The zero-order valence-corrected chi connectivity index (χ0v) is 11.4. The molecule has 1 aromatic carbocycles. The van der Waals surface area contributed by atoms with Crippen LogP contribution in [0.15, 0.2) is 41.0 Å². The van der Waals surface area contributed by atoms with Crippen LogP contribution in [0.5, 0.6) is 0 Å². The highest BCUT2D eigenvalue weighted by atomic mass is 79.9. The number of pyridine rings is 1. The van der Waals surface area contributed by atoms with E-state index in [1.165, 1.54) is 6.07 Å². The van der Waals surface area contributed by atoms with Crippen LogP contribution >= 0.6 is 15.9 Å². The van der Waals surface area contributed by atoms with Crippen molar-refractivity contribution in [3.05, 3.63) is 62.6 Å². The van der Waals surface area contributed by atoms with Gasteiger partial charge in [-0.2, -0.15) is 0 Å². The highest BCUT2D eigenvalue weighted by Crippen LogP contribution is 2.21. The number of hydrogen-bond donors (Lipinski definition) is 1. The van der Waals surface area contributed by atoms with E-state index in [1.54, 1.807) is 12.1 Å². The maximum Gasteiger partial charge on any atom is 0.274 e. The van der Waals surface area contributed by atoms with Crippen LogP contribution in [0.4, 0.5) is 15.8 Å². The molecule has 6 nitrogen and oxygen atoms in total. The maximum absolute atomic E-state index is 13.5. The van der Waals surface area contributed by atoms with Gasteiger partial charge in [0.2, 0.25) is 0 Å². The number of carbonyl (C=O) groups excluding carboxylic acids is 1. The molecule has 1 N–H and O–H groups in total. The van der Waals surface area contributed by atoms with Crippen LogP contribution in [0.25, 0.3) is 0 Å². The fourth-order valence-electron chi connectivity index (χ4n) is 1.44. The van der Waals surface area contributed by atoms with E-state index >= 15 is 0 Å². The Bertz CT molecular complexity index is 693. The molecule has 0 fully saturated rings. The molecule has 0 bridgehead atoms. The molecule has 0 aliphatic rings. The molecule has 0 saturated carbocycles. The van der Waals surface area contributed by atoms with Gasteiger partial charge in [0.1, 0.15) is 16.1 Å². The molecular formula is C12H7BrFN3O3. The number of amides is 1. The van der Waals surface area contributed by atoms with Crippen molar-refractivity contribution in [3.63, 3.8) is 0 Å². The number of hydrogen-bond acceptors (Lipinski definition) is 4. The molecule has 0 aliphatic heterocycles.